The standard InChI is InChI=1S/C11H17N3O5SSi/c1-4-21(17-2,18-3)19-9-10-5-7-11(8-6-10)20(15,16)14-13-12/h5-8H,4,9H2,1-3H3. The molecule has 1 aromatic rings. The number of azide groups is 1. The summed E-state index contributed by atoms with van der Waals surface area (Å²) in [5, 5.41) is 0. The zero-order valence-electron chi connectivity index (χ0n) is 12.0. The van der Waals surface area contributed by atoms with Crippen molar-refractivity contribution in [3.05, 3.63) is 40.3 Å². The highest BCUT2D eigenvalue weighted by Crippen LogP contribution is 2.18. The second-order valence-electron chi connectivity index (χ2n) is 4.02. The fraction of sp³-hybridized carbons (Fsp3) is 0.455. The maximum Gasteiger partial charge on any atom is 0.500 e. The van der Waals surface area contributed by atoms with Crippen molar-refractivity contribution in [1.82, 2.24) is 0 Å². The van der Waals surface area contributed by atoms with Crippen LogP contribution in [0, 0.1) is 0 Å². The highest BCUT2D eigenvalue weighted by molar-refractivity contribution is 7.90. The van der Waals surface area contributed by atoms with Gasteiger partial charge in [0.2, 0.25) is 0 Å². The molecule has 0 aliphatic rings. The normalized spacial score (nSPS) is 12.0. The molecule has 21 heavy (non-hydrogen) atoms. The van der Waals surface area contributed by atoms with Gasteiger partial charge in [-0.05, 0) is 23.2 Å². The van der Waals surface area contributed by atoms with E-state index in [1.807, 2.05) is 6.92 Å². The maximum atomic E-state index is 11.5. The van der Waals surface area contributed by atoms with Gasteiger partial charge in [-0.25, -0.2) is 8.42 Å². The summed E-state index contributed by atoms with van der Waals surface area (Å²) < 4.78 is 42.1. The van der Waals surface area contributed by atoms with Crippen molar-refractivity contribution in [3.8, 4) is 0 Å². The smallest absolute Gasteiger partial charge is 0.377 e. The number of rotatable bonds is 8. The number of hydrogen-bond acceptors (Lipinski definition) is 5. The summed E-state index contributed by atoms with van der Waals surface area (Å²) in [6.45, 7) is 2.15. The van der Waals surface area contributed by atoms with Crippen LogP contribution in [-0.4, -0.2) is 31.4 Å². The number of benzene rings is 1. The van der Waals surface area contributed by atoms with Crippen LogP contribution in [0.1, 0.15) is 12.5 Å². The summed E-state index contributed by atoms with van der Waals surface area (Å²) in [5.41, 5.74) is 8.97. The minimum Gasteiger partial charge on any atom is -0.377 e. The first-order valence-electron chi connectivity index (χ1n) is 6.07. The van der Waals surface area contributed by atoms with Crippen molar-refractivity contribution in [2.45, 2.75) is 24.5 Å². The Balaban J connectivity index is 2.83. The number of sulfonamides is 1. The molecule has 0 heterocycles. The van der Waals surface area contributed by atoms with Crippen molar-refractivity contribution in [1.29, 1.82) is 0 Å². The van der Waals surface area contributed by atoms with Crippen molar-refractivity contribution < 1.29 is 21.7 Å². The second kappa shape index (κ2) is 7.55. The summed E-state index contributed by atoms with van der Waals surface area (Å²) in [4.78, 5) is 2.22. The summed E-state index contributed by atoms with van der Waals surface area (Å²) in [6.07, 6.45) is 0. The summed E-state index contributed by atoms with van der Waals surface area (Å²) in [7, 11) is -3.53. The predicted octanol–water partition coefficient (Wildman–Crippen LogP) is 2.45. The van der Waals surface area contributed by atoms with Crippen molar-refractivity contribution in [3.63, 3.8) is 0 Å². The third-order valence-electron chi connectivity index (χ3n) is 2.88. The summed E-state index contributed by atoms with van der Waals surface area (Å²) in [5.74, 6) is 0. The molecular weight excluding hydrogens is 314 g/mol. The average molecular weight is 331 g/mol. The summed E-state index contributed by atoms with van der Waals surface area (Å²) >= 11 is 0. The largest absolute Gasteiger partial charge is 0.500 e. The van der Waals surface area contributed by atoms with Gasteiger partial charge in [0.1, 0.15) is 0 Å². The monoisotopic (exact) mass is 331 g/mol. The minimum absolute atomic E-state index is 0.0680. The van der Waals surface area contributed by atoms with Crippen LogP contribution in [0.2, 0.25) is 6.04 Å². The van der Waals surface area contributed by atoms with E-state index < -0.39 is 18.8 Å². The number of nitrogens with zero attached hydrogens (tertiary/aromatic N) is 3. The van der Waals surface area contributed by atoms with Crippen molar-refractivity contribution in [2.75, 3.05) is 14.2 Å². The minimum atomic E-state index is -3.96. The van der Waals surface area contributed by atoms with Crippen LogP contribution in [0.5, 0.6) is 0 Å². The topological polar surface area (TPSA) is 111 Å². The van der Waals surface area contributed by atoms with E-state index in [1.165, 1.54) is 26.4 Å². The molecule has 0 saturated heterocycles. The van der Waals surface area contributed by atoms with E-state index in [9.17, 15) is 8.42 Å². The lowest BCUT2D eigenvalue weighted by atomic mass is 10.2. The molecule has 0 saturated carbocycles. The predicted molar refractivity (Wildman–Crippen MR) is 77.8 cm³/mol. The third kappa shape index (κ3) is 4.53. The Morgan fingerprint density at radius 1 is 1.24 bits per heavy atom. The van der Waals surface area contributed by atoms with Gasteiger partial charge >= 0.3 is 8.80 Å². The third-order valence-corrected chi connectivity index (χ3v) is 6.73. The Kier molecular flexibility index (Phi) is 6.34. The van der Waals surface area contributed by atoms with Crippen LogP contribution in [-0.2, 0) is 29.9 Å². The quantitative estimate of drug-likeness (QED) is 0.314. The van der Waals surface area contributed by atoms with Gasteiger partial charge in [0, 0.05) is 29.7 Å². The molecule has 0 aliphatic carbocycles. The maximum absolute atomic E-state index is 11.5. The lowest BCUT2D eigenvalue weighted by molar-refractivity contribution is 0.0926. The van der Waals surface area contributed by atoms with Crippen LogP contribution < -0.4 is 0 Å². The Bertz CT molecular complexity index is 601. The van der Waals surface area contributed by atoms with Gasteiger partial charge < -0.3 is 13.3 Å². The van der Waals surface area contributed by atoms with E-state index in [4.69, 9.17) is 18.8 Å². The molecule has 0 radical (unpaired) electrons. The van der Waals surface area contributed by atoms with Gasteiger partial charge in [-0.3, -0.25) is 0 Å². The SMILES string of the molecule is CC[Si](OC)(OC)OCc1ccc(S(=O)(=O)N=[N+]=[N-])cc1. The zero-order valence-corrected chi connectivity index (χ0v) is 13.8. The van der Waals surface area contributed by atoms with Gasteiger partial charge in [0.15, 0.2) is 0 Å². The molecule has 1 rings (SSSR count). The molecule has 0 fully saturated rings. The first-order chi connectivity index (χ1) is 9.93. The molecule has 0 N–H and O–H groups in total. The van der Waals surface area contributed by atoms with Gasteiger partial charge in [-0.15, -0.1) is 0 Å². The lowest BCUT2D eigenvalue weighted by Gasteiger charge is -2.25. The Labute approximate surface area is 124 Å². The van der Waals surface area contributed by atoms with E-state index in [2.05, 4.69) is 9.43 Å². The first-order valence-corrected chi connectivity index (χ1v) is 9.45. The number of hydrogen-bond donors (Lipinski definition) is 0. The molecule has 0 bridgehead atoms. The van der Waals surface area contributed by atoms with Crippen LogP contribution in [0.25, 0.3) is 10.4 Å². The Hall–Kier alpha value is -1.42. The van der Waals surface area contributed by atoms with Crippen molar-refractivity contribution >= 4 is 18.8 Å². The van der Waals surface area contributed by atoms with Crippen LogP contribution in [0.15, 0.2) is 33.7 Å². The second-order valence-corrected chi connectivity index (χ2v) is 8.79. The van der Waals surface area contributed by atoms with Gasteiger partial charge in [0.25, 0.3) is 10.0 Å². The van der Waals surface area contributed by atoms with Crippen LogP contribution in [0.3, 0.4) is 0 Å². The molecule has 1 aromatic carbocycles. The molecule has 10 heteroatoms. The van der Waals surface area contributed by atoms with E-state index in [0.717, 1.165) is 5.56 Å². The van der Waals surface area contributed by atoms with E-state index >= 15 is 0 Å². The van der Waals surface area contributed by atoms with Crippen molar-refractivity contribution in [2.24, 2.45) is 4.52 Å². The lowest BCUT2D eigenvalue weighted by Crippen LogP contribution is -2.42. The molecule has 0 unspecified atom stereocenters. The van der Waals surface area contributed by atoms with Gasteiger partial charge in [-0.2, -0.15) is 0 Å². The molecule has 0 atom stereocenters. The Morgan fingerprint density at radius 2 is 1.81 bits per heavy atom. The molecule has 0 amide bonds. The zero-order chi connectivity index (χ0) is 15.9. The molecule has 116 valence electrons. The first kappa shape index (κ1) is 17.6. The van der Waals surface area contributed by atoms with E-state index in [-0.39, 0.29) is 11.5 Å². The fourth-order valence-corrected chi connectivity index (χ4v) is 3.88. The van der Waals surface area contributed by atoms with E-state index in [1.54, 1.807) is 12.1 Å². The molecule has 0 aromatic heterocycles. The summed E-state index contributed by atoms with van der Waals surface area (Å²) in [6, 6.07) is 6.51. The van der Waals surface area contributed by atoms with Crippen LogP contribution >= 0.6 is 0 Å². The highest BCUT2D eigenvalue weighted by atomic mass is 32.2. The molecule has 0 spiro atoms. The molecule has 0 aliphatic heterocycles. The van der Waals surface area contributed by atoms with E-state index in [0.29, 0.717) is 6.04 Å². The highest BCUT2D eigenvalue weighted by Gasteiger charge is 2.36. The Morgan fingerprint density at radius 3 is 2.24 bits per heavy atom. The molecule has 8 nitrogen and oxygen atoms in total. The van der Waals surface area contributed by atoms with Gasteiger partial charge in [-0.1, -0.05) is 19.1 Å². The van der Waals surface area contributed by atoms with Gasteiger partial charge in [0.05, 0.1) is 11.5 Å². The fourth-order valence-electron chi connectivity index (χ4n) is 1.64. The van der Waals surface area contributed by atoms with Crippen LogP contribution in [0.4, 0.5) is 0 Å². The molecular formula is C11H17N3O5SSi. The average Bonchev–Trinajstić information content (AvgIpc) is 2.50.